The first-order valence-corrected chi connectivity index (χ1v) is 6.05. The SMILES string of the molecule is CCN(c1cc(F)ncn1)C1CCCCC1. The van der Waals surface area contributed by atoms with Gasteiger partial charge in [-0.15, -0.1) is 0 Å². The van der Waals surface area contributed by atoms with Crippen molar-refractivity contribution in [2.24, 2.45) is 0 Å². The van der Waals surface area contributed by atoms with Crippen LogP contribution in [0.1, 0.15) is 39.0 Å². The van der Waals surface area contributed by atoms with Gasteiger partial charge in [0.05, 0.1) is 0 Å². The molecule has 0 N–H and O–H groups in total. The maximum Gasteiger partial charge on any atom is 0.218 e. The molecular formula is C12H18FN3. The van der Waals surface area contributed by atoms with Crippen LogP contribution in [0.15, 0.2) is 12.4 Å². The van der Waals surface area contributed by atoms with E-state index in [2.05, 4.69) is 21.8 Å². The van der Waals surface area contributed by atoms with E-state index < -0.39 is 5.95 Å². The monoisotopic (exact) mass is 223 g/mol. The molecule has 0 unspecified atom stereocenters. The lowest BCUT2D eigenvalue weighted by Gasteiger charge is -2.34. The zero-order valence-electron chi connectivity index (χ0n) is 9.69. The van der Waals surface area contributed by atoms with Gasteiger partial charge in [0.2, 0.25) is 5.95 Å². The summed E-state index contributed by atoms with van der Waals surface area (Å²) in [5.74, 6) is 0.279. The lowest BCUT2D eigenvalue weighted by Crippen LogP contribution is -2.37. The fourth-order valence-corrected chi connectivity index (χ4v) is 2.48. The number of aromatic nitrogens is 2. The quantitative estimate of drug-likeness (QED) is 0.738. The fraction of sp³-hybridized carbons (Fsp3) is 0.667. The van der Waals surface area contributed by atoms with Crippen molar-refractivity contribution >= 4 is 5.82 Å². The van der Waals surface area contributed by atoms with Crippen molar-refractivity contribution in [2.45, 2.75) is 45.1 Å². The van der Waals surface area contributed by atoms with Gasteiger partial charge < -0.3 is 4.90 Å². The molecule has 0 bridgehead atoms. The highest BCUT2D eigenvalue weighted by atomic mass is 19.1. The fourth-order valence-electron chi connectivity index (χ4n) is 2.48. The second-order valence-corrected chi connectivity index (χ2v) is 4.28. The first kappa shape index (κ1) is 11.3. The van der Waals surface area contributed by atoms with E-state index in [0.29, 0.717) is 6.04 Å². The number of nitrogens with zero attached hydrogens (tertiary/aromatic N) is 3. The van der Waals surface area contributed by atoms with E-state index in [4.69, 9.17) is 0 Å². The Kier molecular flexibility index (Phi) is 3.70. The topological polar surface area (TPSA) is 29.0 Å². The molecule has 16 heavy (non-hydrogen) atoms. The minimum Gasteiger partial charge on any atom is -0.354 e. The van der Waals surface area contributed by atoms with Gasteiger partial charge >= 0.3 is 0 Å². The molecule has 3 nitrogen and oxygen atoms in total. The van der Waals surface area contributed by atoms with Crippen LogP contribution in [-0.4, -0.2) is 22.6 Å². The summed E-state index contributed by atoms with van der Waals surface area (Å²) in [7, 11) is 0. The van der Waals surface area contributed by atoms with E-state index in [1.807, 2.05) is 0 Å². The van der Waals surface area contributed by atoms with E-state index in [0.717, 1.165) is 12.4 Å². The molecule has 88 valence electrons. The molecule has 0 radical (unpaired) electrons. The Bertz CT molecular complexity index is 337. The number of hydrogen-bond donors (Lipinski definition) is 0. The van der Waals surface area contributed by atoms with Crippen molar-refractivity contribution in [1.82, 2.24) is 9.97 Å². The lowest BCUT2D eigenvalue weighted by molar-refractivity contribution is 0.415. The molecule has 0 saturated heterocycles. The van der Waals surface area contributed by atoms with Crippen LogP contribution in [0.25, 0.3) is 0 Å². The van der Waals surface area contributed by atoms with Gasteiger partial charge in [-0.3, -0.25) is 0 Å². The van der Waals surface area contributed by atoms with Gasteiger partial charge in [-0.2, -0.15) is 4.39 Å². The van der Waals surface area contributed by atoms with Crippen molar-refractivity contribution in [2.75, 3.05) is 11.4 Å². The molecule has 1 heterocycles. The van der Waals surface area contributed by atoms with Crippen LogP contribution < -0.4 is 4.90 Å². The third-order valence-corrected chi connectivity index (χ3v) is 3.27. The van der Waals surface area contributed by atoms with Gasteiger partial charge in [-0.05, 0) is 19.8 Å². The van der Waals surface area contributed by atoms with E-state index in [9.17, 15) is 4.39 Å². The van der Waals surface area contributed by atoms with Gasteiger partial charge in [-0.25, -0.2) is 9.97 Å². The highest BCUT2D eigenvalue weighted by molar-refractivity contribution is 5.38. The number of hydrogen-bond acceptors (Lipinski definition) is 3. The predicted octanol–water partition coefficient (Wildman–Crippen LogP) is 2.77. The molecule has 4 heteroatoms. The minimum atomic E-state index is -0.445. The average molecular weight is 223 g/mol. The summed E-state index contributed by atoms with van der Waals surface area (Å²) in [6.45, 7) is 2.97. The summed E-state index contributed by atoms with van der Waals surface area (Å²) in [6, 6.07) is 1.95. The van der Waals surface area contributed by atoms with Gasteiger partial charge in [-0.1, -0.05) is 19.3 Å². The maximum absolute atomic E-state index is 13.1. The van der Waals surface area contributed by atoms with Crippen molar-refractivity contribution in [1.29, 1.82) is 0 Å². The van der Waals surface area contributed by atoms with Crippen LogP contribution in [0.4, 0.5) is 10.2 Å². The average Bonchev–Trinajstić information content (AvgIpc) is 2.31. The van der Waals surface area contributed by atoms with Crippen molar-refractivity contribution in [3.05, 3.63) is 18.3 Å². The molecule has 0 amide bonds. The van der Waals surface area contributed by atoms with Crippen LogP contribution in [-0.2, 0) is 0 Å². The molecule has 2 rings (SSSR count). The molecule has 1 saturated carbocycles. The molecule has 1 aromatic rings. The van der Waals surface area contributed by atoms with E-state index in [1.165, 1.54) is 44.5 Å². The van der Waals surface area contributed by atoms with Gasteiger partial charge in [0.25, 0.3) is 0 Å². The van der Waals surface area contributed by atoms with Crippen LogP contribution in [0.5, 0.6) is 0 Å². The third-order valence-electron chi connectivity index (χ3n) is 3.27. The second kappa shape index (κ2) is 5.23. The first-order chi connectivity index (χ1) is 7.81. The summed E-state index contributed by atoms with van der Waals surface area (Å²) < 4.78 is 13.1. The second-order valence-electron chi connectivity index (χ2n) is 4.28. The summed E-state index contributed by atoms with van der Waals surface area (Å²) in [4.78, 5) is 9.86. The molecular weight excluding hydrogens is 205 g/mol. The Morgan fingerprint density at radius 1 is 1.31 bits per heavy atom. The molecule has 0 spiro atoms. The van der Waals surface area contributed by atoms with E-state index in [1.54, 1.807) is 0 Å². The Hall–Kier alpha value is -1.19. The lowest BCUT2D eigenvalue weighted by atomic mass is 9.94. The van der Waals surface area contributed by atoms with Crippen molar-refractivity contribution in [3.63, 3.8) is 0 Å². The van der Waals surface area contributed by atoms with Crippen LogP contribution in [0.3, 0.4) is 0 Å². The van der Waals surface area contributed by atoms with E-state index in [-0.39, 0.29) is 0 Å². The Balaban J connectivity index is 2.14. The van der Waals surface area contributed by atoms with Crippen molar-refractivity contribution in [3.8, 4) is 0 Å². The number of anilines is 1. The normalized spacial score (nSPS) is 17.4. The highest BCUT2D eigenvalue weighted by Gasteiger charge is 2.21. The zero-order valence-corrected chi connectivity index (χ0v) is 9.69. The Labute approximate surface area is 95.7 Å². The molecule has 1 aliphatic carbocycles. The van der Waals surface area contributed by atoms with Crippen molar-refractivity contribution < 1.29 is 4.39 Å². The minimum absolute atomic E-state index is 0.445. The Morgan fingerprint density at radius 2 is 2.06 bits per heavy atom. The number of halogens is 1. The third kappa shape index (κ3) is 2.49. The Morgan fingerprint density at radius 3 is 2.69 bits per heavy atom. The smallest absolute Gasteiger partial charge is 0.218 e. The molecule has 0 aromatic carbocycles. The van der Waals surface area contributed by atoms with E-state index >= 15 is 0 Å². The summed E-state index contributed by atoms with van der Waals surface area (Å²) >= 11 is 0. The summed E-state index contributed by atoms with van der Waals surface area (Å²) in [5, 5.41) is 0. The molecule has 1 fully saturated rings. The summed E-state index contributed by atoms with van der Waals surface area (Å²) in [5.41, 5.74) is 0. The van der Waals surface area contributed by atoms with Crippen LogP contribution in [0.2, 0.25) is 0 Å². The number of rotatable bonds is 3. The molecule has 0 atom stereocenters. The molecule has 1 aliphatic rings. The van der Waals surface area contributed by atoms with Crippen LogP contribution >= 0.6 is 0 Å². The largest absolute Gasteiger partial charge is 0.354 e. The maximum atomic E-state index is 13.1. The summed E-state index contributed by atoms with van der Waals surface area (Å²) in [6.07, 6.45) is 7.56. The van der Waals surface area contributed by atoms with Crippen LogP contribution in [0, 0.1) is 5.95 Å². The van der Waals surface area contributed by atoms with Gasteiger partial charge in [0, 0.05) is 18.7 Å². The highest BCUT2D eigenvalue weighted by Crippen LogP contribution is 2.25. The molecule has 1 aromatic heterocycles. The zero-order chi connectivity index (χ0) is 11.4. The van der Waals surface area contributed by atoms with Gasteiger partial charge in [0.15, 0.2) is 0 Å². The van der Waals surface area contributed by atoms with Gasteiger partial charge in [0.1, 0.15) is 12.1 Å². The molecule has 0 aliphatic heterocycles. The first-order valence-electron chi connectivity index (χ1n) is 6.05. The predicted molar refractivity (Wildman–Crippen MR) is 61.9 cm³/mol. The standard InChI is InChI=1S/C12H18FN3/c1-2-16(10-6-4-3-5-7-10)12-8-11(13)14-9-15-12/h8-10H,2-7H2,1H3.